The van der Waals surface area contributed by atoms with Crippen LogP contribution in [0.25, 0.3) is 0 Å². The van der Waals surface area contributed by atoms with E-state index in [-0.39, 0.29) is 11.8 Å². The van der Waals surface area contributed by atoms with Gasteiger partial charge in [0.25, 0.3) is 0 Å². The molecule has 108 valence electrons. The van der Waals surface area contributed by atoms with Gasteiger partial charge in [-0.05, 0) is 30.9 Å². The molecule has 0 spiro atoms. The molecule has 2 atom stereocenters. The minimum Gasteiger partial charge on any atom is -0.507 e. The van der Waals surface area contributed by atoms with Crippen LogP contribution in [0.2, 0.25) is 0 Å². The lowest BCUT2D eigenvalue weighted by Crippen LogP contribution is -2.23. The first kappa shape index (κ1) is 14.9. The molecular formula is C16H21NO2S. The van der Waals surface area contributed by atoms with Crippen molar-refractivity contribution >= 4 is 11.3 Å². The van der Waals surface area contributed by atoms with E-state index >= 15 is 0 Å². The molecule has 0 aliphatic rings. The van der Waals surface area contributed by atoms with E-state index in [1.807, 2.05) is 12.1 Å². The van der Waals surface area contributed by atoms with Gasteiger partial charge in [0.2, 0.25) is 0 Å². The van der Waals surface area contributed by atoms with Crippen LogP contribution in [0.3, 0.4) is 0 Å². The number of phenolic OH excluding ortho intramolecular Hbond substituents is 1. The highest BCUT2D eigenvalue weighted by Gasteiger charge is 2.17. The van der Waals surface area contributed by atoms with Gasteiger partial charge >= 0.3 is 0 Å². The fraction of sp³-hybridized carbons (Fsp3) is 0.375. The Kier molecular flexibility index (Phi) is 5.04. The molecule has 0 saturated heterocycles. The maximum absolute atomic E-state index is 10.1. The average Bonchev–Trinajstić information content (AvgIpc) is 2.98. The Bertz CT molecular complexity index is 539. The summed E-state index contributed by atoms with van der Waals surface area (Å²) in [5, 5.41) is 15.8. The van der Waals surface area contributed by atoms with E-state index in [2.05, 4.69) is 36.7 Å². The number of hydrogen-bond donors (Lipinski definition) is 2. The molecule has 0 saturated carbocycles. The molecule has 1 aromatic heterocycles. The summed E-state index contributed by atoms with van der Waals surface area (Å²) < 4.78 is 5.11. The SMILES string of the molecule is CCC(NC(C)c1ccc(OC)cc1O)c1cccs1. The van der Waals surface area contributed by atoms with Gasteiger partial charge in [-0.2, -0.15) is 0 Å². The van der Waals surface area contributed by atoms with Gasteiger partial charge in [0.1, 0.15) is 11.5 Å². The lowest BCUT2D eigenvalue weighted by molar-refractivity contribution is 0.400. The second-order valence-corrected chi connectivity index (χ2v) is 5.77. The number of hydrogen-bond acceptors (Lipinski definition) is 4. The first-order chi connectivity index (χ1) is 9.65. The van der Waals surface area contributed by atoms with E-state index in [9.17, 15) is 5.11 Å². The molecule has 4 heteroatoms. The normalized spacial score (nSPS) is 13.9. The van der Waals surface area contributed by atoms with Crippen LogP contribution in [0, 0.1) is 0 Å². The van der Waals surface area contributed by atoms with Crippen molar-refractivity contribution in [3.8, 4) is 11.5 Å². The summed E-state index contributed by atoms with van der Waals surface area (Å²) in [6.07, 6.45) is 1.02. The molecule has 2 aromatic rings. The predicted octanol–water partition coefficient (Wildman–Crippen LogP) is 4.26. The summed E-state index contributed by atoms with van der Waals surface area (Å²) in [4.78, 5) is 1.33. The summed E-state index contributed by atoms with van der Waals surface area (Å²) in [6, 6.07) is 10.0. The van der Waals surface area contributed by atoms with Crippen LogP contribution in [0.15, 0.2) is 35.7 Å². The molecule has 0 amide bonds. The first-order valence-corrected chi connectivity index (χ1v) is 7.70. The van der Waals surface area contributed by atoms with Gasteiger partial charge in [0.15, 0.2) is 0 Å². The molecule has 0 radical (unpaired) electrons. The molecule has 2 rings (SSSR count). The van der Waals surface area contributed by atoms with Crippen molar-refractivity contribution in [3.63, 3.8) is 0 Å². The van der Waals surface area contributed by atoms with Gasteiger partial charge < -0.3 is 15.2 Å². The van der Waals surface area contributed by atoms with Crippen molar-refractivity contribution in [3.05, 3.63) is 46.2 Å². The number of ether oxygens (including phenoxy) is 1. The van der Waals surface area contributed by atoms with Crippen LogP contribution in [0.4, 0.5) is 0 Å². The van der Waals surface area contributed by atoms with Crippen LogP contribution >= 0.6 is 11.3 Å². The Morgan fingerprint density at radius 3 is 2.70 bits per heavy atom. The van der Waals surface area contributed by atoms with Crippen molar-refractivity contribution in [2.24, 2.45) is 0 Å². The molecule has 0 aliphatic carbocycles. The topological polar surface area (TPSA) is 41.5 Å². The third-order valence-corrected chi connectivity index (χ3v) is 4.44. The lowest BCUT2D eigenvalue weighted by Gasteiger charge is -2.22. The fourth-order valence-electron chi connectivity index (χ4n) is 2.30. The predicted molar refractivity (Wildman–Crippen MR) is 83.6 cm³/mol. The Labute approximate surface area is 124 Å². The molecule has 3 nitrogen and oxygen atoms in total. The fourth-order valence-corrected chi connectivity index (χ4v) is 3.17. The number of methoxy groups -OCH3 is 1. The van der Waals surface area contributed by atoms with E-state index in [0.29, 0.717) is 11.8 Å². The van der Waals surface area contributed by atoms with E-state index in [1.54, 1.807) is 24.5 Å². The van der Waals surface area contributed by atoms with E-state index in [1.165, 1.54) is 4.88 Å². The molecule has 0 bridgehead atoms. The Morgan fingerprint density at radius 2 is 2.15 bits per heavy atom. The molecule has 0 fully saturated rings. The smallest absolute Gasteiger partial charge is 0.124 e. The molecular weight excluding hydrogens is 270 g/mol. The number of thiophene rings is 1. The second kappa shape index (κ2) is 6.77. The number of benzene rings is 1. The minimum absolute atomic E-state index is 0.0768. The number of nitrogens with one attached hydrogen (secondary N) is 1. The van der Waals surface area contributed by atoms with Crippen molar-refractivity contribution < 1.29 is 9.84 Å². The third-order valence-electron chi connectivity index (χ3n) is 3.45. The second-order valence-electron chi connectivity index (χ2n) is 4.79. The Balaban J connectivity index is 2.13. The number of phenols is 1. The van der Waals surface area contributed by atoms with Gasteiger partial charge in [0.05, 0.1) is 7.11 Å². The van der Waals surface area contributed by atoms with Crippen LogP contribution in [-0.2, 0) is 0 Å². The average molecular weight is 291 g/mol. The molecule has 1 aromatic carbocycles. The third kappa shape index (κ3) is 3.32. The largest absolute Gasteiger partial charge is 0.507 e. The number of rotatable bonds is 6. The van der Waals surface area contributed by atoms with Gasteiger partial charge in [-0.3, -0.25) is 0 Å². The minimum atomic E-state index is 0.0768. The van der Waals surface area contributed by atoms with Crippen molar-refractivity contribution in [1.29, 1.82) is 0 Å². The van der Waals surface area contributed by atoms with Crippen LogP contribution in [0.5, 0.6) is 11.5 Å². The highest BCUT2D eigenvalue weighted by Crippen LogP contribution is 2.31. The summed E-state index contributed by atoms with van der Waals surface area (Å²) in [6.45, 7) is 4.23. The highest BCUT2D eigenvalue weighted by atomic mass is 32.1. The monoisotopic (exact) mass is 291 g/mol. The first-order valence-electron chi connectivity index (χ1n) is 6.82. The van der Waals surface area contributed by atoms with Gasteiger partial charge in [-0.15, -0.1) is 11.3 Å². The maximum atomic E-state index is 10.1. The van der Waals surface area contributed by atoms with Gasteiger partial charge in [-0.25, -0.2) is 0 Å². The van der Waals surface area contributed by atoms with Gasteiger partial charge in [0, 0.05) is 28.6 Å². The zero-order valence-electron chi connectivity index (χ0n) is 12.1. The summed E-state index contributed by atoms with van der Waals surface area (Å²) in [5.74, 6) is 0.939. The summed E-state index contributed by atoms with van der Waals surface area (Å²) >= 11 is 1.76. The quantitative estimate of drug-likeness (QED) is 0.835. The number of aromatic hydroxyl groups is 1. The summed E-state index contributed by atoms with van der Waals surface area (Å²) in [7, 11) is 1.60. The zero-order chi connectivity index (χ0) is 14.5. The molecule has 0 aliphatic heterocycles. The highest BCUT2D eigenvalue weighted by molar-refractivity contribution is 7.10. The van der Waals surface area contributed by atoms with E-state index < -0.39 is 0 Å². The summed E-state index contributed by atoms with van der Waals surface area (Å²) in [5.41, 5.74) is 0.890. The van der Waals surface area contributed by atoms with Gasteiger partial charge in [-0.1, -0.05) is 19.1 Å². The van der Waals surface area contributed by atoms with E-state index in [0.717, 1.165) is 12.0 Å². The van der Waals surface area contributed by atoms with Crippen LogP contribution in [0.1, 0.15) is 42.8 Å². The van der Waals surface area contributed by atoms with Crippen LogP contribution in [-0.4, -0.2) is 12.2 Å². The molecule has 1 heterocycles. The van der Waals surface area contributed by atoms with Crippen LogP contribution < -0.4 is 10.1 Å². The van der Waals surface area contributed by atoms with Crippen molar-refractivity contribution in [2.75, 3.05) is 7.11 Å². The van der Waals surface area contributed by atoms with Crippen molar-refractivity contribution in [2.45, 2.75) is 32.4 Å². The standard InChI is InChI=1S/C16H21NO2S/c1-4-14(16-6-5-9-20-16)17-11(2)13-8-7-12(19-3)10-15(13)18/h5-11,14,17-18H,4H2,1-3H3. The molecule has 20 heavy (non-hydrogen) atoms. The lowest BCUT2D eigenvalue weighted by atomic mass is 10.0. The maximum Gasteiger partial charge on any atom is 0.124 e. The zero-order valence-corrected chi connectivity index (χ0v) is 12.9. The van der Waals surface area contributed by atoms with E-state index in [4.69, 9.17) is 4.74 Å². The molecule has 2 N–H and O–H groups in total. The Hall–Kier alpha value is -1.52. The Morgan fingerprint density at radius 1 is 1.35 bits per heavy atom. The molecule has 2 unspecified atom stereocenters. The van der Waals surface area contributed by atoms with Crippen molar-refractivity contribution in [1.82, 2.24) is 5.32 Å².